The zero-order chi connectivity index (χ0) is 15.6. The van der Waals surface area contributed by atoms with Crippen molar-refractivity contribution in [3.05, 3.63) is 60.5 Å². The van der Waals surface area contributed by atoms with Crippen molar-refractivity contribution >= 4 is 0 Å². The molecule has 1 aromatic carbocycles. The number of aryl methyl sites for hydroxylation is 1. The molecule has 0 aliphatic carbocycles. The fraction of sp³-hybridized carbons (Fsp3) is 0.286. The van der Waals surface area contributed by atoms with Crippen molar-refractivity contribution in [1.82, 2.24) is 29.5 Å². The molecule has 0 fully saturated rings. The van der Waals surface area contributed by atoms with Gasteiger partial charge in [-0.1, -0.05) is 6.07 Å². The summed E-state index contributed by atoms with van der Waals surface area (Å²) in [6.07, 6.45) is 5.83. The molecule has 8 heteroatoms. The number of aromatic nitrogens is 6. The molecule has 22 heavy (non-hydrogen) atoms. The Hall–Kier alpha value is -2.61. The van der Waals surface area contributed by atoms with Gasteiger partial charge >= 0.3 is 0 Å². The van der Waals surface area contributed by atoms with Crippen molar-refractivity contribution in [3.8, 4) is 0 Å². The Bertz CT molecular complexity index is 705. The van der Waals surface area contributed by atoms with Crippen LogP contribution in [0, 0.1) is 12.7 Å². The van der Waals surface area contributed by atoms with E-state index in [1.807, 2.05) is 0 Å². The van der Waals surface area contributed by atoms with Gasteiger partial charge in [-0.25, -0.2) is 23.7 Å². The van der Waals surface area contributed by atoms with Gasteiger partial charge < -0.3 is 5.11 Å². The molecule has 0 bridgehead atoms. The maximum atomic E-state index is 13.4. The van der Waals surface area contributed by atoms with Crippen molar-refractivity contribution < 1.29 is 9.50 Å². The number of halogens is 1. The summed E-state index contributed by atoms with van der Waals surface area (Å²) in [5, 5.41) is 19.3. The summed E-state index contributed by atoms with van der Waals surface area (Å²) in [7, 11) is 0. The summed E-state index contributed by atoms with van der Waals surface area (Å²) in [5.41, 5.74) is -0.0539. The van der Waals surface area contributed by atoms with E-state index in [0.29, 0.717) is 11.1 Å². The molecule has 0 aliphatic heterocycles. The highest BCUT2D eigenvalue weighted by Gasteiger charge is 2.33. The smallest absolute Gasteiger partial charge is 0.137 e. The minimum Gasteiger partial charge on any atom is -0.381 e. The van der Waals surface area contributed by atoms with Gasteiger partial charge in [-0.05, 0) is 30.2 Å². The van der Waals surface area contributed by atoms with Crippen LogP contribution in [0.1, 0.15) is 11.1 Å². The topological polar surface area (TPSA) is 81.6 Å². The number of hydrogen-bond acceptors (Lipinski definition) is 5. The number of hydrogen-bond donors (Lipinski definition) is 1. The molecule has 2 aromatic heterocycles. The monoisotopic (exact) mass is 302 g/mol. The Labute approximate surface area is 126 Å². The fourth-order valence-electron chi connectivity index (χ4n) is 2.53. The minimum atomic E-state index is -1.32. The second kappa shape index (κ2) is 5.64. The molecule has 0 radical (unpaired) electrons. The molecule has 0 amide bonds. The van der Waals surface area contributed by atoms with Crippen LogP contribution in [0.25, 0.3) is 0 Å². The van der Waals surface area contributed by atoms with Crippen LogP contribution >= 0.6 is 0 Å². The molecule has 2 heterocycles. The van der Waals surface area contributed by atoms with Crippen LogP contribution in [0.15, 0.2) is 43.5 Å². The van der Waals surface area contributed by atoms with Gasteiger partial charge in [0, 0.05) is 0 Å². The molecule has 7 nitrogen and oxygen atoms in total. The summed E-state index contributed by atoms with van der Waals surface area (Å²) in [6.45, 7) is 2.09. The van der Waals surface area contributed by atoms with E-state index in [1.165, 1.54) is 46.8 Å². The van der Waals surface area contributed by atoms with Gasteiger partial charge in [0.1, 0.15) is 36.7 Å². The third-order valence-electron chi connectivity index (χ3n) is 3.47. The number of aliphatic hydroxyl groups is 1. The lowest BCUT2D eigenvalue weighted by Crippen LogP contribution is -2.37. The first kappa shape index (κ1) is 14.3. The summed E-state index contributed by atoms with van der Waals surface area (Å²) < 4.78 is 16.4. The van der Waals surface area contributed by atoms with Gasteiger partial charge in [0.05, 0.1) is 13.1 Å². The largest absolute Gasteiger partial charge is 0.381 e. The molecular formula is C14H15FN6O. The molecule has 0 spiro atoms. The van der Waals surface area contributed by atoms with Crippen molar-refractivity contribution in [3.63, 3.8) is 0 Å². The van der Waals surface area contributed by atoms with Crippen LogP contribution in [-0.4, -0.2) is 34.6 Å². The highest BCUT2D eigenvalue weighted by molar-refractivity contribution is 5.31. The third-order valence-corrected chi connectivity index (χ3v) is 3.47. The molecule has 1 N–H and O–H groups in total. The Balaban J connectivity index is 2.01. The van der Waals surface area contributed by atoms with Crippen LogP contribution in [0.4, 0.5) is 4.39 Å². The zero-order valence-corrected chi connectivity index (χ0v) is 12.0. The summed E-state index contributed by atoms with van der Waals surface area (Å²) >= 11 is 0. The van der Waals surface area contributed by atoms with E-state index >= 15 is 0 Å². The van der Waals surface area contributed by atoms with Crippen molar-refractivity contribution in [2.24, 2.45) is 0 Å². The molecule has 114 valence electrons. The van der Waals surface area contributed by atoms with Crippen molar-refractivity contribution in [2.45, 2.75) is 25.6 Å². The van der Waals surface area contributed by atoms with Gasteiger partial charge in [-0.3, -0.25) is 0 Å². The van der Waals surface area contributed by atoms with Crippen LogP contribution in [0.2, 0.25) is 0 Å². The Kier molecular flexibility index (Phi) is 3.68. The van der Waals surface area contributed by atoms with E-state index in [-0.39, 0.29) is 18.9 Å². The summed E-state index contributed by atoms with van der Waals surface area (Å²) in [6, 6.07) is 4.30. The second-order valence-electron chi connectivity index (χ2n) is 5.18. The Morgan fingerprint density at radius 1 is 1.09 bits per heavy atom. The first-order chi connectivity index (χ1) is 10.6. The molecule has 0 unspecified atom stereocenters. The fourth-order valence-corrected chi connectivity index (χ4v) is 2.53. The van der Waals surface area contributed by atoms with Crippen molar-refractivity contribution in [1.29, 1.82) is 0 Å². The number of nitrogens with zero attached hydrogens (tertiary/aromatic N) is 6. The molecule has 0 saturated heterocycles. The second-order valence-corrected chi connectivity index (χ2v) is 5.18. The lowest BCUT2D eigenvalue weighted by molar-refractivity contribution is -0.00601. The Morgan fingerprint density at radius 2 is 1.68 bits per heavy atom. The van der Waals surface area contributed by atoms with Gasteiger partial charge in [0.15, 0.2) is 0 Å². The lowest BCUT2D eigenvalue weighted by atomic mass is 9.90. The summed E-state index contributed by atoms with van der Waals surface area (Å²) in [4.78, 5) is 7.76. The van der Waals surface area contributed by atoms with Gasteiger partial charge in [0.25, 0.3) is 0 Å². The van der Waals surface area contributed by atoms with Crippen LogP contribution in [-0.2, 0) is 18.7 Å². The standard InChI is InChI=1S/C14H15FN6O/c1-11-4-12(15)2-3-13(11)14(22,5-20-9-16-7-18-20)6-21-10-17-8-19-21/h2-4,7-10,22H,5-6H2,1H3. The SMILES string of the molecule is Cc1cc(F)ccc1C(O)(Cn1cncn1)Cn1cncn1. The Morgan fingerprint density at radius 3 is 2.14 bits per heavy atom. The van der Waals surface area contributed by atoms with E-state index in [9.17, 15) is 9.50 Å². The van der Waals surface area contributed by atoms with Gasteiger partial charge in [0.2, 0.25) is 0 Å². The predicted octanol–water partition coefficient (Wildman–Crippen LogP) is 0.905. The molecular weight excluding hydrogens is 287 g/mol. The number of rotatable bonds is 5. The van der Waals surface area contributed by atoms with E-state index in [0.717, 1.165) is 0 Å². The molecule has 0 aliphatic rings. The number of benzene rings is 1. The molecule has 3 aromatic rings. The normalized spacial score (nSPS) is 11.8. The van der Waals surface area contributed by atoms with E-state index in [2.05, 4.69) is 20.2 Å². The minimum absolute atomic E-state index is 0.166. The predicted molar refractivity (Wildman–Crippen MR) is 75.1 cm³/mol. The average Bonchev–Trinajstić information content (AvgIpc) is 3.12. The first-order valence-electron chi connectivity index (χ1n) is 6.71. The molecule has 0 atom stereocenters. The van der Waals surface area contributed by atoms with Crippen LogP contribution in [0.5, 0.6) is 0 Å². The molecule has 0 saturated carbocycles. The average molecular weight is 302 g/mol. The maximum Gasteiger partial charge on any atom is 0.137 e. The lowest BCUT2D eigenvalue weighted by Gasteiger charge is -2.29. The quantitative estimate of drug-likeness (QED) is 0.757. The zero-order valence-electron chi connectivity index (χ0n) is 12.0. The van der Waals surface area contributed by atoms with E-state index in [1.54, 1.807) is 13.0 Å². The van der Waals surface area contributed by atoms with Crippen molar-refractivity contribution in [2.75, 3.05) is 0 Å². The summed E-state index contributed by atoms with van der Waals surface area (Å²) in [5.74, 6) is -0.342. The maximum absolute atomic E-state index is 13.4. The highest BCUT2D eigenvalue weighted by Crippen LogP contribution is 2.28. The van der Waals surface area contributed by atoms with Crippen LogP contribution in [0.3, 0.4) is 0 Å². The van der Waals surface area contributed by atoms with Gasteiger partial charge in [-0.15, -0.1) is 0 Å². The van der Waals surface area contributed by atoms with Crippen LogP contribution < -0.4 is 0 Å². The van der Waals surface area contributed by atoms with E-state index in [4.69, 9.17) is 0 Å². The first-order valence-corrected chi connectivity index (χ1v) is 6.71. The third kappa shape index (κ3) is 2.86. The highest BCUT2D eigenvalue weighted by atomic mass is 19.1. The molecule has 3 rings (SSSR count). The van der Waals surface area contributed by atoms with E-state index < -0.39 is 5.60 Å². The van der Waals surface area contributed by atoms with Gasteiger partial charge in [-0.2, -0.15) is 10.2 Å².